The first-order chi connectivity index (χ1) is 15.2. The van der Waals surface area contributed by atoms with Crippen LogP contribution in [0.25, 0.3) is 11.1 Å². The van der Waals surface area contributed by atoms with Crippen molar-refractivity contribution in [3.05, 3.63) is 59.7 Å². The molecule has 32 heavy (non-hydrogen) atoms. The topological polar surface area (TPSA) is 95.9 Å². The number of carbonyl (C=O) groups excluding carboxylic acids is 2. The largest absolute Gasteiger partial charge is 0.480 e. The number of carboxylic acid groups (broad SMARTS) is 1. The minimum Gasteiger partial charge on any atom is -0.480 e. The van der Waals surface area contributed by atoms with Gasteiger partial charge in [-0.15, -0.1) is 0 Å². The standard InChI is InChI=1S/C25H30N2O5/c1-5-27(25(3,4)23(29)30)22(28)16(2)14-26-24(31)32-15-21-19-12-8-6-10-17(19)18-11-7-9-13-20(18)21/h6-13,16,21H,5,14-15H2,1-4H3,(H,26,31)(H,29,30). The van der Waals surface area contributed by atoms with Crippen molar-refractivity contribution in [1.29, 1.82) is 0 Å². The molecular formula is C25H30N2O5. The van der Waals surface area contributed by atoms with Crippen molar-refractivity contribution in [2.24, 2.45) is 5.92 Å². The zero-order valence-corrected chi connectivity index (χ0v) is 18.9. The Bertz CT molecular complexity index is 971. The lowest BCUT2D eigenvalue weighted by atomic mass is 9.98. The zero-order valence-electron chi connectivity index (χ0n) is 18.9. The van der Waals surface area contributed by atoms with Crippen molar-refractivity contribution in [3.63, 3.8) is 0 Å². The molecule has 170 valence electrons. The Morgan fingerprint density at radius 1 is 1.06 bits per heavy atom. The van der Waals surface area contributed by atoms with Crippen LogP contribution >= 0.6 is 0 Å². The number of likely N-dealkylation sites (N-methyl/N-ethyl adjacent to an activating group) is 1. The fraction of sp³-hybridized carbons (Fsp3) is 0.400. The van der Waals surface area contributed by atoms with E-state index in [9.17, 15) is 19.5 Å². The fourth-order valence-electron chi connectivity index (χ4n) is 4.18. The summed E-state index contributed by atoms with van der Waals surface area (Å²) < 4.78 is 5.49. The van der Waals surface area contributed by atoms with Gasteiger partial charge in [-0.1, -0.05) is 55.5 Å². The third-order valence-corrected chi connectivity index (χ3v) is 6.10. The maximum Gasteiger partial charge on any atom is 0.407 e. The predicted molar refractivity (Wildman–Crippen MR) is 121 cm³/mol. The van der Waals surface area contributed by atoms with E-state index in [0.717, 1.165) is 22.3 Å². The lowest BCUT2D eigenvalue weighted by molar-refractivity contribution is -0.158. The molecular weight excluding hydrogens is 408 g/mol. The summed E-state index contributed by atoms with van der Waals surface area (Å²) in [5.74, 6) is -2.04. The molecule has 1 unspecified atom stereocenters. The molecule has 1 aliphatic rings. The molecule has 1 atom stereocenters. The maximum atomic E-state index is 12.8. The van der Waals surface area contributed by atoms with Crippen LogP contribution in [0.1, 0.15) is 44.7 Å². The third kappa shape index (κ3) is 4.47. The molecule has 0 fully saturated rings. The smallest absolute Gasteiger partial charge is 0.407 e. The number of carboxylic acids is 1. The molecule has 0 radical (unpaired) electrons. The lowest BCUT2D eigenvalue weighted by Crippen LogP contribution is -2.55. The Morgan fingerprint density at radius 2 is 1.59 bits per heavy atom. The van der Waals surface area contributed by atoms with Gasteiger partial charge in [-0.05, 0) is 43.0 Å². The number of fused-ring (bicyclic) bond motifs is 3. The number of aliphatic carboxylic acids is 1. The molecule has 2 amide bonds. The zero-order chi connectivity index (χ0) is 23.5. The van der Waals surface area contributed by atoms with Gasteiger partial charge in [-0.25, -0.2) is 9.59 Å². The Hall–Kier alpha value is -3.35. The summed E-state index contributed by atoms with van der Waals surface area (Å²) in [4.78, 5) is 37.9. The Kier molecular flexibility index (Phi) is 6.87. The summed E-state index contributed by atoms with van der Waals surface area (Å²) in [5, 5.41) is 12.1. The highest BCUT2D eigenvalue weighted by molar-refractivity contribution is 5.87. The van der Waals surface area contributed by atoms with Crippen molar-refractivity contribution in [2.75, 3.05) is 19.7 Å². The van der Waals surface area contributed by atoms with Crippen LogP contribution in [-0.4, -0.2) is 53.2 Å². The second-order valence-electron chi connectivity index (χ2n) is 8.55. The Labute approximate surface area is 188 Å². The minimum atomic E-state index is -1.33. The highest BCUT2D eigenvalue weighted by atomic mass is 16.5. The number of carbonyl (C=O) groups is 3. The number of benzene rings is 2. The van der Waals surface area contributed by atoms with E-state index in [4.69, 9.17) is 4.74 Å². The minimum absolute atomic E-state index is 0.0424. The first kappa shape index (κ1) is 23.3. The van der Waals surface area contributed by atoms with Crippen LogP contribution in [0.3, 0.4) is 0 Å². The maximum absolute atomic E-state index is 12.8. The number of ether oxygens (including phenoxy) is 1. The van der Waals surface area contributed by atoms with E-state index in [-0.39, 0.29) is 31.5 Å². The van der Waals surface area contributed by atoms with Gasteiger partial charge in [0.1, 0.15) is 12.1 Å². The molecule has 0 bridgehead atoms. The van der Waals surface area contributed by atoms with E-state index in [1.54, 1.807) is 13.8 Å². The van der Waals surface area contributed by atoms with Crippen LogP contribution < -0.4 is 5.32 Å². The predicted octanol–water partition coefficient (Wildman–Crippen LogP) is 3.87. The van der Waals surface area contributed by atoms with E-state index < -0.39 is 23.5 Å². The molecule has 2 N–H and O–H groups in total. The summed E-state index contributed by atoms with van der Waals surface area (Å²) in [6, 6.07) is 16.2. The lowest BCUT2D eigenvalue weighted by Gasteiger charge is -2.36. The normalized spacial score (nSPS) is 13.6. The highest BCUT2D eigenvalue weighted by Gasteiger charge is 2.38. The number of nitrogens with one attached hydrogen (secondary N) is 1. The Morgan fingerprint density at radius 3 is 2.09 bits per heavy atom. The van der Waals surface area contributed by atoms with Gasteiger partial charge >= 0.3 is 12.1 Å². The summed E-state index contributed by atoms with van der Waals surface area (Å²) in [7, 11) is 0. The second-order valence-corrected chi connectivity index (χ2v) is 8.55. The van der Waals surface area contributed by atoms with Crippen LogP contribution in [-0.2, 0) is 14.3 Å². The van der Waals surface area contributed by atoms with Gasteiger partial charge in [-0.3, -0.25) is 4.79 Å². The summed E-state index contributed by atoms with van der Waals surface area (Å²) in [6.07, 6.45) is -0.605. The molecule has 3 rings (SSSR count). The van der Waals surface area contributed by atoms with Crippen LogP contribution in [0.15, 0.2) is 48.5 Å². The fourth-order valence-corrected chi connectivity index (χ4v) is 4.18. The summed E-state index contributed by atoms with van der Waals surface area (Å²) >= 11 is 0. The molecule has 2 aromatic rings. The number of hydrogen-bond acceptors (Lipinski definition) is 4. The molecule has 0 heterocycles. The summed E-state index contributed by atoms with van der Waals surface area (Å²) in [5.41, 5.74) is 3.22. The van der Waals surface area contributed by atoms with Gasteiger partial charge in [0, 0.05) is 19.0 Å². The average molecular weight is 439 g/mol. The molecule has 0 saturated heterocycles. The van der Waals surface area contributed by atoms with Gasteiger partial charge < -0.3 is 20.1 Å². The summed E-state index contributed by atoms with van der Waals surface area (Å²) in [6.45, 7) is 6.87. The van der Waals surface area contributed by atoms with Gasteiger partial charge in [-0.2, -0.15) is 0 Å². The van der Waals surface area contributed by atoms with Crippen LogP contribution in [0.5, 0.6) is 0 Å². The Balaban J connectivity index is 1.58. The molecule has 0 aliphatic heterocycles. The molecule has 0 spiro atoms. The number of amides is 2. The quantitative estimate of drug-likeness (QED) is 0.652. The number of nitrogens with zero attached hydrogens (tertiary/aromatic N) is 1. The molecule has 1 aliphatic carbocycles. The number of alkyl carbamates (subject to hydrolysis) is 1. The van der Waals surface area contributed by atoms with E-state index in [1.165, 1.54) is 18.7 Å². The molecule has 7 nitrogen and oxygen atoms in total. The van der Waals surface area contributed by atoms with E-state index in [0.29, 0.717) is 0 Å². The van der Waals surface area contributed by atoms with Gasteiger partial charge in [0.25, 0.3) is 0 Å². The number of hydrogen-bond donors (Lipinski definition) is 2. The second kappa shape index (κ2) is 9.42. The molecule has 2 aromatic carbocycles. The van der Waals surface area contributed by atoms with Gasteiger partial charge in [0.2, 0.25) is 5.91 Å². The molecule has 0 saturated carbocycles. The van der Waals surface area contributed by atoms with Gasteiger partial charge in [0.15, 0.2) is 0 Å². The SMILES string of the molecule is CCN(C(=O)C(C)CNC(=O)OCC1c2ccccc2-c2ccccc21)C(C)(C)C(=O)O. The van der Waals surface area contributed by atoms with E-state index in [2.05, 4.69) is 17.4 Å². The van der Waals surface area contributed by atoms with Gasteiger partial charge in [0.05, 0.1) is 5.92 Å². The van der Waals surface area contributed by atoms with Crippen molar-refractivity contribution < 1.29 is 24.2 Å². The van der Waals surface area contributed by atoms with Crippen LogP contribution in [0.4, 0.5) is 4.79 Å². The van der Waals surface area contributed by atoms with E-state index in [1.807, 2.05) is 36.4 Å². The van der Waals surface area contributed by atoms with Crippen LogP contribution in [0.2, 0.25) is 0 Å². The van der Waals surface area contributed by atoms with Crippen molar-refractivity contribution in [3.8, 4) is 11.1 Å². The van der Waals surface area contributed by atoms with Crippen molar-refractivity contribution in [2.45, 2.75) is 39.2 Å². The average Bonchev–Trinajstić information content (AvgIpc) is 3.10. The first-order valence-corrected chi connectivity index (χ1v) is 10.8. The van der Waals surface area contributed by atoms with E-state index >= 15 is 0 Å². The van der Waals surface area contributed by atoms with Crippen molar-refractivity contribution >= 4 is 18.0 Å². The third-order valence-electron chi connectivity index (χ3n) is 6.10. The highest BCUT2D eigenvalue weighted by Crippen LogP contribution is 2.44. The first-order valence-electron chi connectivity index (χ1n) is 10.8. The monoisotopic (exact) mass is 438 g/mol. The number of rotatable bonds is 8. The molecule has 7 heteroatoms. The molecule has 0 aromatic heterocycles. The van der Waals surface area contributed by atoms with Crippen LogP contribution in [0, 0.1) is 5.92 Å². The van der Waals surface area contributed by atoms with Crippen molar-refractivity contribution in [1.82, 2.24) is 10.2 Å².